The molecule has 20 heavy (non-hydrogen) atoms. The van der Waals surface area contributed by atoms with Gasteiger partial charge >= 0.3 is 0 Å². The van der Waals surface area contributed by atoms with Gasteiger partial charge in [-0.25, -0.2) is 0 Å². The lowest BCUT2D eigenvalue weighted by molar-refractivity contribution is -0.114. The molecule has 0 amide bonds. The largest absolute Gasteiger partial charge is 0.402 e. The standard InChI is InChI=1S/C17H28O2Si/c1-13(2)20(14(3)4,15(5)6)19-17(12-18)16-10-8-7-9-11-16/h7-15,17H,1-6H3/t17-/m0/s1. The third-order valence-corrected chi connectivity index (χ3v) is 10.4. The van der Waals surface area contributed by atoms with Crippen molar-refractivity contribution in [3.8, 4) is 0 Å². The third kappa shape index (κ3) is 3.39. The van der Waals surface area contributed by atoms with Crippen molar-refractivity contribution in [1.82, 2.24) is 0 Å². The van der Waals surface area contributed by atoms with Gasteiger partial charge in [-0.05, 0) is 22.2 Å². The summed E-state index contributed by atoms with van der Waals surface area (Å²) in [4.78, 5) is 11.5. The lowest BCUT2D eigenvalue weighted by Crippen LogP contribution is -2.48. The van der Waals surface area contributed by atoms with Gasteiger partial charge in [0.2, 0.25) is 8.32 Å². The molecule has 0 unspecified atom stereocenters. The van der Waals surface area contributed by atoms with Gasteiger partial charge in [-0.3, -0.25) is 0 Å². The summed E-state index contributed by atoms with van der Waals surface area (Å²) in [6.45, 7) is 13.4. The fourth-order valence-corrected chi connectivity index (χ4v) is 8.89. The Hall–Kier alpha value is -0.933. The minimum atomic E-state index is -2.03. The molecule has 0 saturated heterocycles. The number of hydrogen-bond donors (Lipinski definition) is 0. The first-order valence-corrected chi connectivity index (χ1v) is 9.68. The van der Waals surface area contributed by atoms with Gasteiger partial charge in [0.05, 0.1) is 0 Å². The van der Waals surface area contributed by atoms with E-state index < -0.39 is 14.4 Å². The van der Waals surface area contributed by atoms with E-state index in [2.05, 4.69) is 41.5 Å². The summed E-state index contributed by atoms with van der Waals surface area (Å²) in [5.74, 6) is 0. The summed E-state index contributed by atoms with van der Waals surface area (Å²) in [5, 5.41) is 0. The van der Waals surface area contributed by atoms with E-state index in [0.29, 0.717) is 16.6 Å². The Bertz CT molecular complexity index is 390. The zero-order valence-electron chi connectivity index (χ0n) is 13.6. The van der Waals surface area contributed by atoms with E-state index in [1.54, 1.807) is 0 Å². The minimum absolute atomic E-state index is 0.435. The maximum Gasteiger partial charge on any atom is 0.201 e. The van der Waals surface area contributed by atoms with E-state index in [-0.39, 0.29) is 0 Å². The number of carbonyl (C=O) groups is 1. The van der Waals surface area contributed by atoms with Crippen molar-refractivity contribution in [3.63, 3.8) is 0 Å². The van der Waals surface area contributed by atoms with Gasteiger partial charge in [-0.2, -0.15) is 0 Å². The quantitative estimate of drug-likeness (QED) is 0.515. The van der Waals surface area contributed by atoms with Crippen LogP contribution in [-0.2, 0) is 9.22 Å². The summed E-state index contributed by atoms with van der Waals surface area (Å²) in [5.41, 5.74) is 2.40. The number of rotatable bonds is 7. The molecule has 1 aromatic rings. The van der Waals surface area contributed by atoms with E-state index in [1.807, 2.05) is 30.3 Å². The van der Waals surface area contributed by atoms with Crippen molar-refractivity contribution in [2.24, 2.45) is 0 Å². The third-order valence-electron chi connectivity index (χ3n) is 4.29. The second-order valence-electron chi connectivity index (χ2n) is 6.40. The Kier molecular flexibility index (Phi) is 6.15. The number of carbonyl (C=O) groups excluding carboxylic acids is 1. The SMILES string of the molecule is CC(C)[Si](O[C@@H](C=O)c1ccccc1)(C(C)C)C(C)C. The fraction of sp³-hybridized carbons (Fsp3) is 0.588. The van der Waals surface area contributed by atoms with Crippen LogP contribution in [0.2, 0.25) is 16.6 Å². The maximum atomic E-state index is 11.5. The zero-order chi connectivity index (χ0) is 15.3. The monoisotopic (exact) mass is 292 g/mol. The fourth-order valence-electron chi connectivity index (χ4n) is 3.45. The molecule has 0 radical (unpaired) electrons. The van der Waals surface area contributed by atoms with Crippen molar-refractivity contribution in [2.45, 2.75) is 64.3 Å². The highest BCUT2D eigenvalue weighted by Crippen LogP contribution is 2.44. The van der Waals surface area contributed by atoms with Gasteiger partial charge in [0.25, 0.3) is 0 Å². The smallest absolute Gasteiger partial charge is 0.201 e. The molecular weight excluding hydrogens is 264 g/mol. The van der Waals surface area contributed by atoms with Crippen LogP contribution in [0, 0.1) is 0 Å². The first-order valence-electron chi connectivity index (χ1n) is 7.54. The van der Waals surface area contributed by atoms with Gasteiger partial charge < -0.3 is 9.22 Å². The summed E-state index contributed by atoms with van der Waals surface area (Å²) in [7, 11) is -2.03. The number of hydrogen-bond acceptors (Lipinski definition) is 2. The van der Waals surface area contributed by atoms with E-state index in [9.17, 15) is 4.79 Å². The van der Waals surface area contributed by atoms with Crippen molar-refractivity contribution in [2.75, 3.05) is 0 Å². The average molecular weight is 292 g/mol. The zero-order valence-corrected chi connectivity index (χ0v) is 14.6. The molecule has 0 fully saturated rings. The van der Waals surface area contributed by atoms with Crippen LogP contribution in [0.3, 0.4) is 0 Å². The van der Waals surface area contributed by atoms with Gasteiger partial charge in [-0.15, -0.1) is 0 Å². The molecule has 1 atom stereocenters. The molecule has 1 aromatic carbocycles. The summed E-state index contributed by atoms with van der Waals surface area (Å²) < 4.78 is 6.53. The van der Waals surface area contributed by atoms with Crippen molar-refractivity contribution in [1.29, 1.82) is 0 Å². The lowest BCUT2D eigenvalue weighted by atomic mass is 10.1. The average Bonchev–Trinajstić information content (AvgIpc) is 2.39. The second-order valence-corrected chi connectivity index (χ2v) is 11.8. The highest BCUT2D eigenvalue weighted by atomic mass is 28.4. The normalized spacial score (nSPS) is 14.1. The van der Waals surface area contributed by atoms with Crippen molar-refractivity contribution < 1.29 is 9.22 Å². The lowest BCUT2D eigenvalue weighted by Gasteiger charge is -2.43. The van der Waals surface area contributed by atoms with Crippen molar-refractivity contribution in [3.05, 3.63) is 35.9 Å². The molecule has 0 aromatic heterocycles. The minimum Gasteiger partial charge on any atom is -0.402 e. The Morgan fingerprint density at radius 3 is 1.70 bits per heavy atom. The molecule has 0 N–H and O–H groups in total. The van der Waals surface area contributed by atoms with Crippen LogP contribution in [0.15, 0.2) is 30.3 Å². The number of aldehydes is 1. The number of benzene rings is 1. The molecule has 1 rings (SSSR count). The highest BCUT2D eigenvalue weighted by Gasteiger charge is 2.46. The van der Waals surface area contributed by atoms with Crippen LogP contribution < -0.4 is 0 Å². The van der Waals surface area contributed by atoms with E-state index >= 15 is 0 Å². The Labute approximate surface area is 124 Å². The molecule has 0 spiro atoms. The van der Waals surface area contributed by atoms with Gasteiger partial charge in [0, 0.05) is 0 Å². The molecule has 0 aliphatic carbocycles. The van der Waals surface area contributed by atoms with Crippen LogP contribution in [-0.4, -0.2) is 14.6 Å². The van der Waals surface area contributed by atoms with Crippen LogP contribution in [0.4, 0.5) is 0 Å². The molecule has 0 aliphatic rings. The molecule has 0 heterocycles. The Morgan fingerprint density at radius 1 is 0.900 bits per heavy atom. The van der Waals surface area contributed by atoms with E-state index in [4.69, 9.17) is 4.43 Å². The van der Waals surface area contributed by atoms with Crippen LogP contribution in [0.5, 0.6) is 0 Å². The second kappa shape index (κ2) is 7.18. The molecule has 0 saturated carbocycles. The topological polar surface area (TPSA) is 26.3 Å². The van der Waals surface area contributed by atoms with Gasteiger partial charge in [0.1, 0.15) is 6.10 Å². The predicted molar refractivity (Wildman–Crippen MR) is 87.4 cm³/mol. The van der Waals surface area contributed by atoms with Gasteiger partial charge in [0.15, 0.2) is 6.29 Å². The van der Waals surface area contributed by atoms with Crippen molar-refractivity contribution >= 4 is 14.6 Å². The van der Waals surface area contributed by atoms with Crippen LogP contribution >= 0.6 is 0 Å². The molecule has 0 bridgehead atoms. The molecule has 0 aliphatic heterocycles. The Balaban J connectivity index is 3.14. The van der Waals surface area contributed by atoms with Gasteiger partial charge in [-0.1, -0.05) is 71.9 Å². The van der Waals surface area contributed by atoms with E-state index in [0.717, 1.165) is 11.8 Å². The van der Waals surface area contributed by atoms with Crippen LogP contribution in [0.25, 0.3) is 0 Å². The highest BCUT2D eigenvalue weighted by molar-refractivity contribution is 6.77. The maximum absolute atomic E-state index is 11.5. The van der Waals surface area contributed by atoms with Crippen LogP contribution in [0.1, 0.15) is 53.2 Å². The Morgan fingerprint density at radius 2 is 1.35 bits per heavy atom. The first kappa shape index (κ1) is 17.1. The van der Waals surface area contributed by atoms with E-state index in [1.165, 1.54) is 0 Å². The summed E-state index contributed by atoms with van der Waals surface area (Å²) in [6, 6.07) is 9.82. The molecular formula is C17H28O2Si. The molecule has 3 heteroatoms. The summed E-state index contributed by atoms with van der Waals surface area (Å²) >= 11 is 0. The first-order chi connectivity index (χ1) is 9.36. The predicted octanol–water partition coefficient (Wildman–Crippen LogP) is 5.12. The molecule has 2 nitrogen and oxygen atoms in total. The summed E-state index contributed by atoms with van der Waals surface area (Å²) in [6.07, 6.45) is 0.514. The molecule has 112 valence electrons.